The normalized spacial score (nSPS) is 25.9. The van der Waals surface area contributed by atoms with Gasteiger partial charge in [0.05, 0.1) is 7.11 Å². The molecule has 20 heavy (non-hydrogen) atoms. The molecule has 0 radical (unpaired) electrons. The number of nitrogens with zero attached hydrogens (tertiary/aromatic N) is 2. The monoisotopic (exact) mass is 295 g/mol. The van der Waals surface area contributed by atoms with Crippen molar-refractivity contribution < 1.29 is 14.3 Å². The molecule has 0 aromatic carbocycles. The SMILES string of the molecule is COC(=O)c1csc(N2CCC3NC(=O)CCC3C2)n1. The summed E-state index contributed by atoms with van der Waals surface area (Å²) >= 11 is 1.47. The van der Waals surface area contributed by atoms with E-state index in [1.807, 2.05) is 0 Å². The van der Waals surface area contributed by atoms with Crippen LogP contribution in [0.5, 0.6) is 0 Å². The number of hydrogen-bond acceptors (Lipinski definition) is 6. The first-order valence-electron chi connectivity index (χ1n) is 6.75. The van der Waals surface area contributed by atoms with E-state index in [4.69, 9.17) is 0 Å². The van der Waals surface area contributed by atoms with Crippen molar-refractivity contribution in [3.63, 3.8) is 0 Å². The van der Waals surface area contributed by atoms with E-state index in [1.54, 1.807) is 5.38 Å². The fourth-order valence-electron chi connectivity index (χ4n) is 2.89. The number of carbonyl (C=O) groups is 2. The van der Waals surface area contributed by atoms with Gasteiger partial charge in [-0.2, -0.15) is 0 Å². The quantitative estimate of drug-likeness (QED) is 0.825. The van der Waals surface area contributed by atoms with Gasteiger partial charge in [0.1, 0.15) is 0 Å². The van der Waals surface area contributed by atoms with Gasteiger partial charge in [0.2, 0.25) is 5.91 Å². The lowest BCUT2D eigenvalue weighted by atomic mass is 9.85. The topological polar surface area (TPSA) is 71.5 Å². The van der Waals surface area contributed by atoms with Crippen LogP contribution in [0, 0.1) is 5.92 Å². The Kier molecular flexibility index (Phi) is 3.60. The zero-order valence-corrected chi connectivity index (χ0v) is 12.1. The van der Waals surface area contributed by atoms with E-state index < -0.39 is 5.97 Å². The number of hydrogen-bond donors (Lipinski definition) is 1. The molecule has 2 atom stereocenters. The first kappa shape index (κ1) is 13.4. The first-order chi connectivity index (χ1) is 9.67. The average Bonchev–Trinajstić information content (AvgIpc) is 2.95. The number of thiazole rings is 1. The summed E-state index contributed by atoms with van der Waals surface area (Å²) in [7, 11) is 1.36. The maximum Gasteiger partial charge on any atom is 0.357 e. The molecule has 2 saturated heterocycles. The molecule has 0 aliphatic carbocycles. The minimum Gasteiger partial charge on any atom is -0.464 e. The lowest BCUT2D eigenvalue weighted by Gasteiger charge is -2.41. The molecule has 1 aromatic rings. The van der Waals surface area contributed by atoms with Crippen LogP contribution >= 0.6 is 11.3 Å². The third-order valence-corrected chi connectivity index (χ3v) is 4.88. The number of rotatable bonds is 2. The number of ether oxygens (including phenoxy) is 1. The minimum absolute atomic E-state index is 0.168. The molecule has 108 valence electrons. The summed E-state index contributed by atoms with van der Waals surface area (Å²) in [5, 5.41) is 5.66. The highest BCUT2D eigenvalue weighted by molar-refractivity contribution is 7.13. The molecule has 2 fully saturated rings. The summed E-state index contributed by atoms with van der Waals surface area (Å²) in [6.45, 7) is 1.74. The van der Waals surface area contributed by atoms with Crippen molar-refractivity contribution in [1.29, 1.82) is 0 Å². The number of carbonyl (C=O) groups excluding carboxylic acids is 2. The van der Waals surface area contributed by atoms with Gasteiger partial charge >= 0.3 is 5.97 Å². The van der Waals surface area contributed by atoms with Crippen LogP contribution in [0.1, 0.15) is 29.8 Å². The van der Waals surface area contributed by atoms with Crippen LogP contribution in [0.3, 0.4) is 0 Å². The summed E-state index contributed by atoms with van der Waals surface area (Å²) in [4.78, 5) is 29.4. The number of esters is 1. The van der Waals surface area contributed by atoms with Crippen LogP contribution in [0.15, 0.2) is 5.38 Å². The van der Waals surface area contributed by atoms with E-state index in [-0.39, 0.29) is 5.91 Å². The van der Waals surface area contributed by atoms with Gasteiger partial charge in [0.25, 0.3) is 0 Å². The summed E-state index contributed by atoms with van der Waals surface area (Å²) in [6.07, 6.45) is 2.48. The van der Waals surface area contributed by atoms with Gasteiger partial charge in [-0.25, -0.2) is 9.78 Å². The second-order valence-corrected chi connectivity index (χ2v) is 6.05. The average molecular weight is 295 g/mol. The van der Waals surface area contributed by atoms with E-state index in [2.05, 4.69) is 19.9 Å². The number of amides is 1. The number of aromatic nitrogens is 1. The molecule has 2 aliphatic heterocycles. The molecule has 2 aliphatic rings. The predicted molar refractivity (Wildman–Crippen MR) is 74.9 cm³/mol. The molecule has 1 aromatic heterocycles. The molecular weight excluding hydrogens is 278 g/mol. The van der Waals surface area contributed by atoms with Crippen LogP contribution in [0.4, 0.5) is 5.13 Å². The van der Waals surface area contributed by atoms with E-state index in [0.29, 0.717) is 24.1 Å². The molecule has 3 heterocycles. The Bertz CT molecular complexity index is 531. The largest absolute Gasteiger partial charge is 0.464 e. The maximum atomic E-state index is 11.4. The summed E-state index contributed by atoms with van der Waals surface area (Å²) < 4.78 is 4.67. The zero-order chi connectivity index (χ0) is 14.1. The van der Waals surface area contributed by atoms with Crippen molar-refractivity contribution in [2.45, 2.75) is 25.3 Å². The van der Waals surface area contributed by atoms with Crippen LogP contribution < -0.4 is 10.2 Å². The fourth-order valence-corrected chi connectivity index (χ4v) is 3.72. The molecule has 3 rings (SSSR count). The molecule has 7 heteroatoms. The number of fused-ring (bicyclic) bond motifs is 1. The van der Waals surface area contributed by atoms with Crippen LogP contribution in [0.2, 0.25) is 0 Å². The first-order valence-corrected chi connectivity index (χ1v) is 7.63. The third-order valence-electron chi connectivity index (χ3n) is 3.98. The van der Waals surface area contributed by atoms with Gasteiger partial charge in [-0.05, 0) is 18.8 Å². The Morgan fingerprint density at radius 3 is 3.20 bits per heavy atom. The van der Waals surface area contributed by atoms with Crippen LogP contribution in [-0.4, -0.2) is 43.1 Å². The lowest BCUT2D eigenvalue weighted by Crippen LogP contribution is -2.54. The Balaban J connectivity index is 1.68. The van der Waals surface area contributed by atoms with Crippen LogP contribution in [0.25, 0.3) is 0 Å². The van der Waals surface area contributed by atoms with E-state index in [9.17, 15) is 9.59 Å². The van der Waals surface area contributed by atoms with Crippen molar-refractivity contribution >= 4 is 28.3 Å². The molecule has 0 spiro atoms. The van der Waals surface area contributed by atoms with Gasteiger partial charge in [0, 0.05) is 30.9 Å². The smallest absolute Gasteiger partial charge is 0.357 e. The highest BCUT2D eigenvalue weighted by Crippen LogP contribution is 2.30. The molecule has 0 bridgehead atoms. The molecule has 1 amide bonds. The number of piperidine rings is 2. The number of nitrogens with one attached hydrogen (secondary N) is 1. The van der Waals surface area contributed by atoms with Gasteiger partial charge < -0.3 is 15.0 Å². The highest BCUT2D eigenvalue weighted by Gasteiger charge is 2.34. The van der Waals surface area contributed by atoms with E-state index >= 15 is 0 Å². The minimum atomic E-state index is -0.396. The van der Waals surface area contributed by atoms with Crippen molar-refractivity contribution in [2.24, 2.45) is 5.92 Å². The molecule has 0 saturated carbocycles. The second kappa shape index (κ2) is 5.40. The Labute approximate surface area is 121 Å². The lowest BCUT2D eigenvalue weighted by molar-refractivity contribution is -0.124. The predicted octanol–water partition coefficient (Wildman–Crippen LogP) is 1.03. The zero-order valence-electron chi connectivity index (χ0n) is 11.3. The number of anilines is 1. The molecule has 2 unspecified atom stereocenters. The summed E-state index contributed by atoms with van der Waals surface area (Å²) in [5.41, 5.74) is 0.367. The van der Waals surface area contributed by atoms with Gasteiger partial charge in [-0.1, -0.05) is 0 Å². The number of methoxy groups -OCH3 is 1. The van der Waals surface area contributed by atoms with Crippen molar-refractivity contribution in [3.05, 3.63) is 11.1 Å². The van der Waals surface area contributed by atoms with Crippen molar-refractivity contribution in [3.8, 4) is 0 Å². The summed E-state index contributed by atoms with van der Waals surface area (Å²) in [5.74, 6) is 0.251. The van der Waals surface area contributed by atoms with Gasteiger partial charge in [-0.3, -0.25) is 4.79 Å². The molecular formula is C13H17N3O3S. The highest BCUT2D eigenvalue weighted by atomic mass is 32.1. The third kappa shape index (κ3) is 2.49. The Morgan fingerprint density at radius 2 is 2.40 bits per heavy atom. The second-order valence-electron chi connectivity index (χ2n) is 5.21. The fraction of sp³-hybridized carbons (Fsp3) is 0.615. The standard InChI is InChI=1S/C13H17N3O3S/c1-19-12(18)10-7-20-13(15-10)16-5-4-9-8(6-16)2-3-11(17)14-9/h7-9H,2-6H2,1H3,(H,14,17). The van der Waals surface area contributed by atoms with Gasteiger partial charge in [0.15, 0.2) is 10.8 Å². The Morgan fingerprint density at radius 1 is 1.55 bits per heavy atom. The van der Waals surface area contributed by atoms with Crippen molar-refractivity contribution in [2.75, 3.05) is 25.1 Å². The molecule has 1 N–H and O–H groups in total. The van der Waals surface area contributed by atoms with Gasteiger partial charge in [-0.15, -0.1) is 11.3 Å². The Hall–Kier alpha value is -1.63. The summed E-state index contributed by atoms with van der Waals surface area (Å²) in [6, 6.07) is 0.299. The maximum absolute atomic E-state index is 11.4. The molecule has 6 nitrogen and oxygen atoms in total. The van der Waals surface area contributed by atoms with Crippen molar-refractivity contribution in [1.82, 2.24) is 10.3 Å². The van der Waals surface area contributed by atoms with E-state index in [0.717, 1.165) is 31.1 Å². The van der Waals surface area contributed by atoms with Crippen LogP contribution in [-0.2, 0) is 9.53 Å². The van der Waals surface area contributed by atoms with E-state index in [1.165, 1.54) is 18.4 Å².